The van der Waals surface area contributed by atoms with E-state index in [-0.39, 0.29) is 32.8 Å². The number of benzene rings is 1. The van der Waals surface area contributed by atoms with E-state index < -0.39 is 15.7 Å². The van der Waals surface area contributed by atoms with E-state index in [4.69, 9.17) is 11.6 Å². The molecule has 1 amide bonds. The summed E-state index contributed by atoms with van der Waals surface area (Å²) in [5.41, 5.74) is 0.297. The Balaban J connectivity index is 1.88. The third kappa shape index (κ3) is 4.33. The number of phenols is 1. The number of anilines is 2. The minimum atomic E-state index is -3.46. The van der Waals surface area contributed by atoms with Crippen LogP contribution in [0.5, 0.6) is 5.75 Å². The molecular weight excluding hydrogens is 390 g/mol. The van der Waals surface area contributed by atoms with Gasteiger partial charge in [0.25, 0.3) is 5.91 Å². The molecule has 3 rings (SSSR count). The van der Waals surface area contributed by atoms with Gasteiger partial charge in [0.15, 0.2) is 9.84 Å². The van der Waals surface area contributed by atoms with Gasteiger partial charge < -0.3 is 15.3 Å². The molecule has 9 heteroatoms. The smallest absolute Gasteiger partial charge is 0.256 e. The van der Waals surface area contributed by atoms with Crippen LogP contribution in [0.4, 0.5) is 11.5 Å². The molecule has 27 heavy (non-hydrogen) atoms. The topological polar surface area (TPSA) is 99.6 Å². The van der Waals surface area contributed by atoms with Crippen LogP contribution in [-0.4, -0.2) is 43.3 Å². The van der Waals surface area contributed by atoms with Crippen molar-refractivity contribution in [3.8, 4) is 5.75 Å². The maximum Gasteiger partial charge on any atom is 0.256 e. The van der Waals surface area contributed by atoms with Crippen LogP contribution in [0.1, 0.15) is 30.1 Å². The first-order valence-electron chi connectivity index (χ1n) is 8.60. The molecule has 2 aromatic rings. The second-order valence-electron chi connectivity index (χ2n) is 6.27. The second-order valence-corrected chi connectivity index (χ2v) is 8.93. The van der Waals surface area contributed by atoms with Crippen molar-refractivity contribution < 1.29 is 18.3 Å². The van der Waals surface area contributed by atoms with E-state index in [1.54, 1.807) is 6.07 Å². The Kier molecular flexibility index (Phi) is 5.57. The van der Waals surface area contributed by atoms with Gasteiger partial charge in [-0.25, -0.2) is 13.4 Å². The van der Waals surface area contributed by atoms with Crippen LogP contribution in [0.25, 0.3) is 0 Å². The van der Waals surface area contributed by atoms with Gasteiger partial charge in [-0.1, -0.05) is 18.5 Å². The maximum atomic E-state index is 12.6. The molecule has 2 N–H and O–H groups in total. The summed E-state index contributed by atoms with van der Waals surface area (Å²) >= 11 is 6.06. The highest BCUT2D eigenvalue weighted by molar-refractivity contribution is 7.91. The summed E-state index contributed by atoms with van der Waals surface area (Å²) in [6.07, 6.45) is 2.12. The molecule has 1 aliphatic rings. The lowest BCUT2D eigenvalue weighted by Crippen LogP contribution is -2.20. The second kappa shape index (κ2) is 7.74. The van der Waals surface area contributed by atoms with Gasteiger partial charge in [-0.3, -0.25) is 4.79 Å². The first-order chi connectivity index (χ1) is 12.8. The molecule has 0 bridgehead atoms. The van der Waals surface area contributed by atoms with Crippen molar-refractivity contribution in [2.45, 2.75) is 24.7 Å². The number of carbonyl (C=O) groups excluding carboxylic acids is 1. The molecule has 0 spiro atoms. The summed E-state index contributed by atoms with van der Waals surface area (Å²) < 4.78 is 24.1. The quantitative estimate of drug-likeness (QED) is 0.581. The lowest BCUT2D eigenvalue weighted by atomic mass is 10.2. The maximum absolute atomic E-state index is 12.6. The van der Waals surface area contributed by atoms with Crippen molar-refractivity contribution in [2.75, 3.05) is 29.1 Å². The van der Waals surface area contributed by atoms with E-state index in [1.165, 1.54) is 31.2 Å². The van der Waals surface area contributed by atoms with E-state index in [2.05, 4.69) is 15.2 Å². The monoisotopic (exact) mass is 409 g/mol. The highest BCUT2D eigenvalue weighted by Gasteiger charge is 2.19. The average molecular weight is 410 g/mol. The molecule has 7 nitrogen and oxygen atoms in total. The highest BCUT2D eigenvalue weighted by atomic mass is 35.5. The molecular formula is C18H20ClN3O4S. The van der Waals surface area contributed by atoms with Gasteiger partial charge in [0.2, 0.25) is 0 Å². The molecule has 144 valence electrons. The molecule has 1 saturated heterocycles. The lowest BCUT2D eigenvalue weighted by molar-refractivity contribution is 0.102. The zero-order valence-corrected chi connectivity index (χ0v) is 16.3. The molecule has 0 saturated carbocycles. The summed E-state index contributed by atoms with van der Waals surface area (Å²) in [6.45, 7) is 3.23. The number of sulfone groups is 1. The predicted molar refractivity (Wildman–Crippen MR) is 104 cm³/mol. The first-order valence-corrected chi connectivity index (χ1v) is 10.6. The number of pyridine rings is 1. The summed E-state index contributed by atoms with van der Waals surface area (Å²) in [6, 6.07) is 6.86. The van der Waals surface area contributed by atoms with Crippen LogP contribution in [0.15, 0.2) is 35.2 Å². The van der Waals surface area contributed by atoms with Gasteiger partial charge in [-0.15, -0.1) is 0 Å². The molecule has 0 aliphatic carbocycles. The molecule has 1 fully saturated rings. The van der Waals surface area contributed by atoms with Crippen LogP contribution in [0.2, 0.25) is 5.15 Å². The number of carbonyl (C=O) groups is 1. The average Bonchev–Trinajstić information content (AvgIpc) is 3.17. The van der Waals surface area contributed by atoms with Gasteiger partial charge in [0.05, 0.1) is 16.3 Å². The van der Waals surface area contributed by atoms with E-state index in [0.717, 1.165) is 25.9 Å². The third-order valence-corrected chi connectivity index (χ3v) is 6.35. The molecule has 0 atom stereocenters. The van der Waals surface area contributed by atoms with Gasteiger partial charge in [-0.05, 0) is 43.2 Å². The summed E-state index contributed by atoms with van der Waals surface area (Å²) in [4.78, 5) is 19.0. The summed E-state index contributed by atoms with van der Waals surface area (Å²) in [5.74, 6) is -0.194. The number of phenolic OH excluding ortho intramolecular Hbond substituents is 1. The standard InChI is InChI=1S/C18H20ClN3O4S/c1-2-27(25,26)13-5-6-15(23)14(11-13)20-18(24)12-9-16(19)21-17(10-12)22-7-3-4-8-22/h5-6,9-11,23H,2-4,7-8H2,1H3,(H,20,24). The van der Waals surface area contributed by atoms with E-state index in [0.29, 0.717) is 5.82 Å². The number of hydrogen-bond acceptors (Lipinski definition) is 6. The highest BCUT2D eigenvalue weighted by Crippen LogP contribution is 2.28. The van der Waals surface area contributed by atoms with E-state index in [1.807, 2.05) is 0 Å². The van der Waals surface area contributed by atoms with Gasteiger partial charge >= 0.3 is 0 Å². The predicted octanol–water partition coefficient (Wildman–Crippen LogP) is 3.09. The van der Waals surface area contributed by atoms with Crippen LogP contribution >= 0.6 is 11.6 Å². The summed E-state index contributed by atoms with van der Waals surface area (Å²) in [7, 11) is -3.46. The molecule has 2 heterocycles. The SMILES string of the molecule is CCS(=O)(=O)c1ccc(O)c(NC(=O)c2cc(Cl)nc(N3CCCC3)c2)c1. The Morgan fingerprint density at radius 1 is 1.26 bits per heavy atom. The molecule has 1 aromatic carbocycles. The Hall–Kier alpha value is -2.32. The van der Waals surface area contributed by atoms with Crippen LogP contribution in [-0.2, 0) is 9.84 Å². The minimum Gasteiger partial charge on any atom is -0.506 e. The Morgan fingerprint density at radius 2 is 1.96 bits per heavy atom. The van der Waals surface area contributed by atoms with E-state index in [9.17, 15) is 18.3 Å². The van der Waals surface area contributed by atoms with Gasteiger partial charge in [0, 0.05) is 18.7 Å². The number of amides is 1. The number of hydrogen-bond donors (Lipinski definition) is 2. The number of halogens is 1. The van der Waals surface area contributed by atoms with Crippen LogP contribution in [0.3, 0.4) is 0 Å². The first kappa shape index (κ1) is 19.4. The van der Waals surface area contributed by atoms with E-state index >= 15 is 0 Å². The van der Waals surface area contributed by atoms with Gasteiger partial charge in [-0.2, -0.15) is 0 Å². The fraction of sp³-hybridized carbons (Fsp3) is 0.333. The van der Waals surface area contributed by atoms with Crippen molar-refractivity contribution in [3.05, 3.63) is 41.0 Å². The Bertz CT molecular complexity index is 973. The van der Waals surface area contributed by atoms with Crippen molar-refractivity contribution in [2.24, 2.45) is 0 Å². The fourth-order valence-corrected chi connectivity index (χ4v) is 4.00. The zero-order chi connectivity index (χ0) is 19.6. The Morgan fingerprint density at radius 3 is 2.63 bits per heavy atom. The minimum absolute atomic E-state index is 0.0187. The molecule has 1 aliphatic heterocycles. The van der Waals surface area contributed by atoms with Crippen LogP contribution in [0, 0.1) is 0 Å². The van der Waals surface area contributed by atoms with Crippen LogP contribution < -0.4 is 10.2 Å². The molecule has 0 unspecified atom stereocenters. The van der Waals surface area contributed by atoms with Crippen molar-refractivity contribution in [1.82, 2.24) is 4.98 Å². The number of nitrogens with zero attached hydrogens (tertiary/aromatic N) is 2. The third-order valence-electron chi connectivity index (χ3n) is 4.43. The van der Waals surface area contributed by atoms with Crippen molar-refractivity contribution in [3.63, 3.8) is 0 Å². The molecule has 1 aromatic heterocycles. The number of nitrogens with one attached hydrogen (secondary N) is 1. The van der Waals surface area contributed by atoms with Crippen molar-refractivity contribution in [1.29, 1.82) is 0 Å². The number of rotatable bonds is 5. The largest absolute Gasteiger partial charge is 0.506 e. The summed E-state index contributed by atoms with van der Waals surface area (Å²) in [5, 5.41) is 12.7. The molecule has 0 radical (unpaired) electrons. The van der Waals surface area contributed by atoms with Crippen molar-refractivity contribution >= 4 is 38.9 Å². The fourth-order valence-electron chi connectivity index (χ4n) is 2.89. The lowest BCUT2D eigenvalue weighted by Gasteiger charge is -2.17. The van der Waals surface area contributed by atoms with Gasteiger partial charge in [0.1, 0.15) is 16.7 Å². The Labute approximate surface area is 162 Å². The zero-order valence-electron chi connectivity index (χ0n) is 14.8. The normalized spacial score (nSPS) is 14.4. The number of aromatic nitrogens is 1. The number of aromatic hydroxyl groups is 1.